The number of amides is 3. The number of hydrogen-bond acceptors (Lipinski definition) is 8. The maximum atomic E-state index is 12.2. The number of benzene rings is 1. The lowest BCUT2D eigenvalue weighted by molar-refractivity contribution is -0.119. The third-order valence-corrected chi connectivity index (χ3v) is 4.69. The summed E-state index contributed by atoms with van der Waals surface area (Å²) in [4.78, 5) is 41.4. The molecule has 0 spiro atoms. The molecule has 1 aromatic heterocycles. The Morgan fingerprint density at radius 3 is 2.50 bits per heavy atom. The number of hydrazine groups is 1. The van der Waals surface area contributed by atoms with E-state index in [0.29, 0.717) is 24.5 Å². The molecule has 1 aliphatic rings. The molecule has 148 valence electrons. The number of carbonyl (C=O) groups excluding carboxylic acids is 3. The summed E-state index contributed by atoms with van der Waals surface area (Å²) < 4.78 is 10.4. The molecule has 11 heteroatoms. The van der Waals surface area contributed by atoms with Crippen molar-refractivity contribution in [3.05, 3.63) is 40.9 Å². The molecular formula is C17H19N5O5S. The van der Waals surface area contributed by atoms with Gasteiger partial charge < -0.3 is 20.1 Å². The summed E-state index contributed by atoms with van der Waals surface area (Å²) in [5.74, 6) is -1.20. The van der Waals surface area contributed by atoms with Gasteiger partial charge in [-0.1, -0.05) is 0 Å². The van der Waals surface area contributed by atoms with Crippen molar-refractivity contribution >= 4 is 34.2 Å². The van der Waals surface area contributed by atoms with Crippen LogP contribution in [-0.4, -0.2) is 55.6 Å². The van der Waals surface area contributed by atoms with Crippen molar-refractivity contribution in [2.75, 3.05) is 37.8 Å². The lowest BCUT2D eigenvalue weighted by atomic mass is 10.2. The summed E-state index contributed by atoms with van der Waals surface area (Å²) >= 11 is 1.36. The van der Waals surface area contributed by atoms with E-state index >= 15 is 0 Å². The lowest BCUT2D eigenvalue weighted by Crippen LogP contribution is -2.41. The predicted octanol–water partition coefficient (Wildman–Crippen LogP) is -0.0814. The number of nitrogens with two attached hydrogens (primary N) is 1. The van der Waals surface area contributed by atoms with Crippen LogP contribution in [0.1, 0.15) is 20.8 Å². The Labute approximate surface area is 164 Å². The Morgan fingerprint density at radius 2 is 1.82 bits per heavy atom. The van der Waals surface area contributed by atoms with E-state index in [1.165, 1.54) is 35.6 Å². The first-order valence-corrected chi connectivity index (χ1v) is 9.31. The molecule has 0 saturated carbocycles. The van der Waals surface area contributed by atoms with Crippen LogP contribution in [0.5, 0.6) is 5.75 Å². The van der Waals surface area contributed by atoms with E-state index in [1.807, 2.05) is 4.90 Å². The van der Waals surface area contributed by atoms with E-state index in [9.17, 15) is 14.4 Å². The minimum atomic E-state index is -0.594. The number of carbonyl (C=O) groups is 3. The molecule has 0 unspecified atom stereocenters. The Balaban J connectivity index is 1.50. The van der Waals surface area contributed by atoms with E-state index < -0.39 is 17.7 Å². The van der Waals surface area contributed by atoms with Gasteiger partial charge in [-0.15, -0.1) is 11.3 Å². The monoisotopic (exact) mass is 405 g/mol. The fraction of sp³-hybridized carbons (Fsp3) is 0.294. The quantitative estimate of drug-likeness (QED) is 0.572. The summed E-state index contributed by atoms with van der Waals surface area (Å²) in [6, 6.07) is 6.04. The molecule has 1 fully saturated rings. The van der Waals surface area contributed by atoms with E-state index in [-0.39, 0.29) is 12.3 Å². The van der Waals surface area contributed by atoms with Crippen LogP contribution in [0.25, 0.3) is 0 Å². The van der Waals surface area contributed by atoms with E-state index in [1.54, 1.807) is 5.38 Å². The molecule has 2 aromatic rings. The van der Waals surface area contributed by atoms with Crippen molar-refractivity contribution in [2.24, 2.45) is 5.73 Å². The maximum Gasteiger partial charge on any atom is 0.289 e. The third-order valence-electron chi connectivity index (χ3n) is 3.79. The molecule has 0 aliphatic carbocycles. The zero-order valence-corrected chi connectivity index (χ0v) is 15.7. The standard InChI is InChI=1S/C17H19N5O5S/c18-14(23)9-27-12-3-1-11(2-4-12)15(24)20-21-16(25)13-10-28-17(19-13)22-5-7-26-8-6-22/h1-4,10H,5-9H2,(H2,18,23)(H,20,24)(H,21,25). The van der Waals surface area contributed by atoms with Crippen molar-refractivity contribution in [3.63, 3.8) is 0 Å². The fourth-order valence-corrected chi connectivity index (χ4v) is 3.23. The van der Waals surface area contributed by atoms with Crippen molar-refractivity contribution in [2.45, 2.75) is 0 Å². The number of nitrogens with one attached hydrogen (secondary N) is 2. The number of nitrogens with zero attached hydrogens (tertiary/aromatic N) is 2. The highest BCUT2D eigenvalue weighted by Gasteiger charge is 2.18. The summed E-state index contributed by atoms with van der Waals surface area (Å²) in [5.41, 5.74) is 10.2. The van der Waals surface area contributed by atoms with Crippen molar-refractivity contribution in [1.82, 2.24) is 15.8 Å². The van der Waals surface area contributed by atoms with Gasteiger partial charge in [-0.3, -0.25) is 25.2 Å². The number of morpholine rings is 1. The third kappa shape index (κ3) is 5.18. The number of thiazole rings is 1. The second kappa shape index (κ2) is 9.15. The molecule has 1 saturated heterocycles. The van der Waals surface area contributed by atoms with Crippen LogP contribution >= 0.6 is 11.3 Å². The predicted molar refractivity (Wildman–Crippen MR) is 101 cm³/mol. The van der Waals surface area contributed by atoms with Crippen LogP contribution in [0.15, 0.2) is 29.6 Å². The highest BCUT2D eigenvalue weighted by atomic mass is 32.1. The Bertz CT molecular complexity index is 848. The van der Waals surface area contributed by atoms with Gasteiger partial charge >= 0.3 is 0 Å². The van der Waals surface area contributed by atoms with Gasteiger partial charge in [-0.2, -0.15) is 0 Å². The van der Waals surface area contributed by atoms with Gasteiger partial charge in [0, 0.05) is 24.0 Å². The van der Waals surface area contributed by atoms with Crippen molar-refractivity contribution in [1.29, 1.82) is 0 Å². The highest BCUT2D eigenvalue weighted by Crippen LogP contribution is 2.21. The Hall–Kier alpha value is -3.18. The molecule has 3 rings (SSSR count). The Kier molecular flexibility index (Phi) is 6.40. The SMILES string of the molecule is NC(=O)COc1ccc(C(=O)NNC(=O)c2csc(N3CCOCC3)n2)cc1. The van der Waals surface area contributed by atoms with E-state index in [2.05, 4.69) is 15.8 Å². The smallest absolute Gasteiger partial charge is 0.289 e. The number of ether oxygens (including phenoxy) is 2. The Morgan fingerprint density at radius 1 is 1.14 bits per heavy atom. The van der Waals surface area contributed by atoms with Crippen LogP contribution in [-0.2, 0) is 9.53 Å². The summed E-state index contributed by atoms with van der Waals surface area (Å²) in [6.45, 7) is 2.46. The molecule has 1 aromatic carbocycles. The highest BCUT2D eigenvalue weighted by molar-refractivity contribution is 7.13. The molecule has 2 heterocycles. The van der Waals surface area contributed by atoms with Crippen molar-refractivity contribution < 1.29 is 23.9 Å². The first kappa shape index (κ1) is 19.6. The molecule has 28 heavy (non-hydrogen) atoms. The van der Waals surface area contributed by atoms with Crippen LogP contribution < -0.4 is 26.2 Å². The number of anilines is 1. The molecule has 3 amide bonds. The second-order valence-corrected chi connectivity index (χ2v) is 6.64. The van der Waals surface area contributed by atoms with Gasteiger partial charge in [-0.25, -0.2) is 4.98 Å². The van der Waals surface area contributed by atoms with Gasteiger partial charge in [0.05, 0.1) is 13.2 Å². The van der Waals surface area contributed by atoms with Gasteiger partial charge in [-0.05, 0) is 24.3 Å². The summed E-state index contributed by atoms with van der Waals surface area (Å²) in [6.07, 6.45) is 0. The maximum absolute atomic E-state index is 12.2. The summed E-state index contributed by atoms with van der Waals surface area (Å²) in [5, 5.41) is 2.38. The molecule has 1 aliphatic heterocycles. The van der Waals surface area contributed by atoms with Gasteiger partial charge in [0.1, 0.15) is 11.4 Å². The zero-order valence-electron chi connectivity index (χ0n) is 14.8. The second-order valence-electron chi connectivity index (χ2n) is 5.80. The van der Waals surface area contributed by atoms with Gasteiger partial charge in [0.2, 0.25) is 0 Å². The number of primary amides is 1. The minimum absolute atomic E-state index is 0.224. The van der Waals surface area contributed by atoms with Gasteiger partial charge in [0.25, 0.3) is 17.7 Å². The molecule has 0 atom stereocenters. The van der Waals surface area contributed by atoms with Crippen LogP contribution in [0, 0.1) is 0 Å². The lowest BCUT2D eigenvalue weighted by Gasteiger charge is -2.25. The fourth-order valence-electron chi connectivity index (χ4n) is 2.38. The molecule has 0 bridgehead atoms. The topological polar surface area (TPSA) is 136 Å². The van der Waals surface area contributed by atoms with Crippen LogP contribution in [0.3, 0.4) is 0 Å². The molecule has 4 N–H and O–H groups in total. The molecule has 10 nitrogen and oxygen atoms in total. The zero-order chi connectivity index (χ0) is 19.9. The van der Waals surface area contributed by atoms with Crippen molar-refractivity contribution in [3.8, 4) is 5.75 Å². The first-order chi connectivity index (χ1) is 13.5. The average molecular weight is 405 g/mol. The molecular weight excluding hydrogens is 386 g/mol. The normalized spacial score (nSPS) is 13.6. The largest absolute Gasteiger partial charge is 0.484 e. The van der Waals surface area contributed by atoms with E-state index in [4.69, 9.17) is 15.2 Å². The average Bonchev–Trinajstić information content (AvgIpc) is 3.21. The van der Waals surface area contributed by atoms with Crippen LogP contribution in [0.2, 0.25) is 0 Å². The minimum Gasteiger partial charge on any atom is -0.484 e. The van der Waals surface area contributed by atoms with Gasteiger partial charge in [0.15, 0.2) is 11.7 Å². The van der Waals surface area contributed by atoms with Crippen LogP contribution in [0.4, 0.5) is 5.13 Å². The van der Waals surface area contributed by atoms with E-state index in [0.717, 1.165) is 18.2 Å². The number of rotatable bonds is 6. The summed E-state index contributed by atoms with van der Waals surface area (Å²) in [7, 11) is 0. The first-order valence-electron chi connectivity index (χ1n) is 8.43. The molecule has 0 radical (unpaired) electrons. The number of hydrogen-bond donors (Lipinski definition) is 3. The number of aromatic nitrogens is 1.